The maximum atomic E-state index is 4.79. The lowest BCUT2D eigenvalue weighted by Gasteiger charge is -1.98. The third-order valence-corrected chi connectivity index (χ3v) is 4.43. The van der Waals surface area contributed by atoms with Crippen molar-refractivity contribution in [1.82, 2.24) is 4.98 Å². The molecule has 0 aliphatic heterocycles. The monoisotopic (exact) mass is 329 g/mol. The quantitative estimate of drug-likeness (QED) is 0.600. The first kappa shape index (κ1) is 12.6. The highest BCUT2D eigenvalue weighted by molar-refractivity contribution is 9.10. The molecule has 0 N–H and O–H groups in total. The van der Waals surface area contributed by atoms with Gasteiger partial charge in [-0.15, -0.1) is 11.3 Å². The fourth-order valence-corrected chi connectivity index (χ4v) is 3.34. The van der Waals surface area contributed by atoms with Gasteiger partial charge in [-0.05, 0) is 19.1 Å². The van der Waals surface area contributed by atoms with Crippen LogP contribution in [0.4, 0.5) is 0 Å². The second kappa shape index (κ2) is 5.27. The molecule has 1 nitrogen and oxygen atoms in total. The van der Waals surface area contributed by atoms with Crippen molar-refractivity contribution >= 4 is 27.3 Å². The number of hydrogen-bond donors (Lipinski definition) is 0. The number of rotatable bonds is 2. The summed E-state index contributed by atoms with van der Waals surface area (Å²) in [7, 11) is 0. The Morgan fingerprint density at radius 1 is 0.947 bits per heavy atom. The molecule has 0 spiro atoms. The van der Waals surface area contributed by atoms with E-state index in [0.717, 1.165) is 20.7 Å². The van der Waals surface area contributed by atoms with Crippen molar-refractivity contribution in [2.75, 3.05) is 0 Å². The fraction of sp³-hybridized carbons (Fsp3) is 0.0625. The van der Waals surface area contributed by atoms with Crippen molar-refractivity contribution < 1.29 is 0 Å². The van der Waals surface area contributed by atoms with E-state index in [9.17, 15) is 0 Å². The van der Waals surface area contributed by atoms with Crippen LogP contribution in [0.5, 0.6) is 0 Å². The second-order valence-corrected chi connectivity index (χ2v) is 6.42. The van der Waals surface area contributed by atoms with E-state index in [0.29, 0.717) is 0 Å². The van der Waals surface area contributed by atoms with Crippen molar-refractivity contribution in [1.29, 1.82) is 0 Å². The molecule has 0 radical (unpaired) electrons. The molecule has 0 bridgehead atoms. The average Bonchev–Trinajstić information content (AvgIpc) is 2.82. The lowest BCUT2D eigenvalue weighted by atomic mass is 10.1. The molecule has 94 valence electrons. The molecule has 0 amide bonds. The van der Waals surface area contributed by atoms with Crippen LogP contribution in [-0.2, 0) is 0 Å². The SMILES string of the molecule is Cc1sc(-c2cccc(Br)c2)nc1-c1ccccc1. The summed E-state index contributed by atoms with van der Waals surface area (Å²) >= 11 is 5.25. The van der Waals surface area contributed by atoms with Crippen LogP contribution in [0, 0.1) is 6.92 Å². The van der Waals surface area contributed by atoms with Gasteiger partial charge in [0.15, 0.2) is 0 Å². The zero-order valence-corrected chi connectivity index (χ0v) is 12.8. The summed E-state index contributed by atoms with van der Waals surface area (Å²) in [5, 5.41) is 1.07. The summed E-state index contributed by atoms with van der Waals surface area (Å²) in [5.41, 5.74) is 3.42. The molecule has 3 rings (SSSR count). The summed E-state index contributed by atoms with van der Waals surface area (Å²) in [5.74, 6) is 0. The number of aryl methyl sites for hydroxylation is 1. The molecule has 0 fully saturated rings. The molecular formula is C16H12BrNS. The third-order valence-electron chi connectivity index (χ3n) is 2.92. The van der Waals surface area contributed by atoms with Crippen LogP contribution in [-0.4, -0.2) is 4.98 Å². The molecule has 0 aliphatic carbocycles. The van der Waals surface area contributed by atoms with Gasteiger partial charge in [0.25, 0.3) is 0 Å². The van der Waals surface area contributed by atoms with Crippen LogP contribution in [0.25, 0.3) is 21.8 Å². The molecule has 3 heteroatoms. The molecule has 2 aromatic carbocycles. The highest BCUT2D eigenvalue weighted by Crippen LogP contribution is 2.33. The summed E-state index contributed by atoms with van der Waals surface area (Å²) in [4.78, 5) is 6.04. The number of benzene rings is 2. The lowest BCUT2D eigenvalue weighted by molar-refractivity contribution is 1.37. The van der Waals surface area contributed by atoms with Gasteiger partial charge in [0, 0.05) is 20.5 Å². The van der Waals surface area contributed by atoms with E-state index in [4.69, 9.17) is 4.98 Å². The molecule has 0 aliphatic rings. The third kappa shape index (κ3) is 2.62. The van der Waals surface area contributed by atoms with Crippen molar-refractivity contribution in [3.63, 3.8) is 0 Å². The van der Waals surface area contributed by atoms with Gasteiger partial charge in [0.2, 0.25) is 0 Å². The Kier molecular flexibility index (Phi) is 3.49. The van der Waals surface area contributed by atoms with Gasteiger partial charge in [-0.25, -0.2) is 4.98 Å². The Labute approximate surface area is 125 Å². The van der Waals surface area contributed by atoms with Gasteiger partial charge in [0.05, 0.1) is 5.69 Å². The van der Waals surface area contributed by atoms with Gasteiger partial charge in [-0.2, -0.15) is 0 Å². The number of halogens is 1. The van der Waals surface area contributed by atoms with Crippen molar-refractivity contribution in [2.45, 2.75) is 6.92 Å². The Morgan fingerprint density at radius 2 is 1.68 bits per heavy atom. The molecule has 3 aromatic rings. The normalized spacial score (nSPS) is 10.6. The molecular weight excluding hydrogens is 318 g/mol. The molecule has 0 unspecified atom stereocenters. The minimum Gasteiger partial charge on any atom is -0.236 e. The highest BCUT2D eigenvalue weighted by Gasteiger charge is 2.11. The number of hydrogen-bond acceptors (Lipinski definition) is 2. The number of aromatic nitrogens is 1. The summed E-state index contributed by atoms with van der Waals surface area (Å²) in [6.45, 7) is 2.13. The van der Waals surface area contributed by atoms with Crippen LogP contribution in [0.1, 0.15) is 4.88 Å². The van der Waals surface area contributed by atoms with Gasteiger partial charge in [-0.3, -0.25) is 0 Å². The van der Waals surface area contributed by atoms with E-state index >= 15 is 0 Å². The predicted molar refractivity (Wildman–Crippen MR) is 85.4 cm³/mol. The van der Waals surface area contributed by atoms with E-state index in [2.05, 4.69) is 47.1 Å². The van der Waals surface area contributed by atoms with Crippen LogP contribution in [0.3, 0.4) is 0 Å². The van der Waals surface area contributed by atoms with Crippen molar-refractivity contribution in [3.05, 3.63) is 63.9 Å². The Bertz CT molecular complexity index is 704. The zero-order valence-electron chi connectivity index (χ0n) is 10.4. The standard InChI is InChI=1S/C16H12BrNS/c1-11-15(12-6-3-2-4-7-12)18-16(19-11)13-8-5-9-14(17)10-13/h2-10H,1H3. The molecule has 0 saturated heterocycles. The first-order chi connectivity index (χ1) is 9.24. The van der Waals surface area contributed by atoms with Gasteiger partial charge >= 0.3 is 0 Å². The summed E-state index contributed by atoms with van der Waals surface area (Å²) in [6, 6.07) is 18.6. The molecule has 1 heterocycles. The van der Waals surface area contributed by atoms with Crippen LogP contribution >= 0.6 is 27.3 Å². The molecule has 0 saturated carbocycles. The van der Waals surface area contributed by atoms with E-state index in [1.54, 1.807) is 11.3 Å². The zero-order chi connectivity index (χ0) is 13.2. The van der Waals surface area contributed by atoms with Crippen molar-refractivity contribution in [2.24, 2.45) is 0 Å². The molecule has 0 atom stereocenters. The summed E-state index contributed by atoms with van der Waals surface area (Å²) in [6.07, 6.45) is 0. The van der Waals surface area contributed by atoms with E-state index in [-0.39, 0.29) is 0 Å². The fourth-order valence-electron chi connectivity index (χ4n) is 2.01. The lowest BCUT2D eigenvalue weighted by Crippen LogP contribution is -1.80. The van der Waals surface area contributed by atoms with Gasteiger partial charge < -0.3 is 0 Å². The molecule has 1 aromatic heterocycles. The first-order valence-corrected chi connectivity index (χ1v) is 7.64. The first-order valence-electron chi connectivity index (χ1n) is 6.03. The largest absolute Gasteiger partial charge is 0.236 e. The van der Waals surface area contributed by atoms with Crippen LogP contribution in [0.2, 0.25) is 0 Å². The Balaban J connectivity index is 2.07. The maximum absolute atomic E-state index is 4.79. The van der Waals surface area contributed by atoms with Crippen molar-refractivity contribution in [3.8, 4) is 21.8 Å². The Morgan fingerprint density at radius 3 is 2.42 bits per heavy atom. The maximum Gasteiger partial charge on any atom is 0.124 e. The van der Waals surface area contributed by atoms with E-state index in [1.807, 2.05) is 30.3 Å². The van der Waals surface area contributed by atoms with Gasteiger partial charge in [-0.1, -0.05) is 58.4 Å². The minimum absolute atomic E-state index is 1.07. The van der Waals surface area contributed by atoms with Crippen LogP contribution in [0.15, 0.2) is 59.1 Å². The second-order valence-electron chi connectivity index (χ2n) is 4.30. The average molecular weight is 330 g/mol. The Hall–Kier alpha value is -1.45. The minimum atomic E-state index is 1.07. The van der Waals surface area contributed by atoms with E-state index in [1.165, 1.54) is 10.4 Å². The molecule has 19 heavy (non-hydrogen) atoms. The van der Waals surface area contributed by atoms with E-state index < -0.39 is 0 Å². The topological polar surface area (TPSA) is 12.9 Å². The predicted octanol–water partition coefficient (Wildman–Crippen LogP) is 5.55. The number of thiazole rings is 1. The highest BCUT2D eigenvalue weighted by atomic mass is 79.9. The smallest absolute Gasteiger partial charge is 0.124 e. The van der Waals surface area contributed by atoms with Gasteiger partial charge in [0.1, 0.15) is 5.01 Å². The van der Waals surface area contributed by atoms with Crippen LogP contribution < -0.4 is 0 Å². The summed E-state index contributed by atoms with van der Waals surface area (Å²) < 4.78 is 1.08. The number of nitrogens with zero attached hydrogens (tertiary/aromatic N) is 1.